The Morgan fingerprint density at radius 1 is 1.16 bits per heavy atom. The van der Waals surface area contributed by atoms with Crippen molar-refractivity contribution in [2.24, 2.45) is 5.92 Å². The van der Waals surface area contributed by atoms with E-state index in [9.17, 15) is 4.79 Å². The van der Waals surface area contributed by atoms with Crippen molar-refractivity contribution in [2.45, 2.75) is 26.0 Å². The van der Waals surface area contributed by atoms with Gasteiger partial charge in [-0.1, -0.05) is 26.0 Å². The van der Waals surface area contributed by atoms with Gasteiger partial charge in [0.1, 0.15) is 0 Å². The number of rotatable bonds is 6. The van der Waals surface area contributed by atoms with Gasteiger partial charge < -0.3 is 10.2 Å². The Balaban J connectivity index is 1.59. The SMILES string of the molecule is CCSCc1ccc(C(=O)Nc2ccc(N3CCC(C)C3)cc2)cc1. The summed E-state index contributed by atoms with van der Waals surface area (Å²) in [6.07, 6.45) is 1.26. The normalized spacial score (nSPS) is 16.9. The van der Waals surface area contributed by atoms with Gasteiger partial charge in [0.15, 0.2) is 0 Å². The summed E-state index contributed by atoms with van der Waals surface area (Å²) in [7, 11) is 0. The molecule has 2 aromatic rings. The van der Waals surface area contributed by atoms with E-state index < -0.39 is 0 Å². The average molecular weight is 355 g/mol. The van der Waals surface area contributed by atoms with Crippen LogP contribution < -0.4 is 10.2 Å². The third kappa shape index (κ3) is 4.79. The number of amides is 1. The first kappa shape index (κ1) is 17.9. The van der Waals surface area contributed by atoms with Gasteiger partial charge in [-0.25, -0.2) is 0 Å². The summed E-state index contributed by atoms with van der Waals surface area (Å²) in [5.74, 6) is 2.80. The van der Waals surface area contributed by atoms with Crippen molar-refractivity contribution in [3.05, 3.63) is 59.7 Å². The quantitative estimate of drug-likeness (QED) is 0.789. The molecular formula is C21H26N2OS. The first-order chi connectivity index (χ1) is 12.2. The number of nitrogens with zero attached hydrogens (tertiary/aromatic N) is 1. The van der Waals surface area contributed by atoms with Crippen molar-refractivity contribution in [3.8, 4) is 0 Å². The molecule has 3 rings (SSSR count). The Bertz CT molecular complexity index is 697. The molecule has 1 heterocycles. The van der Waals surface area contributed by atoms with Gasteiger partial charge in [-0.3, -0.25) is 4.79 Å². The van der Waals surface area contributed by atoms with Crippen LogP contribution in [0.25, 0.3) is 0 Å². The van der Waals surface area contributed by atoms with Gasteiger partial charge in [-0.15, -0.1) is 0 Å². The minimum atomic E-state index is -0.0581. The summed E-state index contributed by atoms with van der Waals surface area (Å²) in [4.78, 5) is 14.8. The second-order valence-corrected chi connectivity index (χ2v) is 7.95. The van der Waals surface area contributed by atoms with Crippen LogP contribution in [-0.2, 0) is 5.75 Å². The second-order valence-electron chi connectivity index (χ2n) is 6.67. The molecule has 1 amide bonds. The molecule has 0 spiro atoms. The van der Waals surface area contributed by atoms with Crippen LogP contribution in [0, 0.1) is 5.92 Å². The van der Waals surface area contributed by atoms with E-state index in [1.165, 1.54) is 17.7 Å². The van der Waals surface area contributed by atoms with Crippen molar-refractivity contribution in [3.63, 3.8) is 0 Å². The van der Waals surface area contributed by atoms with Crippen LogP contribution in [0.3, 0.4) is 0 Å². The van der Waals surface area contributed by atoms with Gasteiger partial charge in [0.05, 0.1) is 0 Å². The zero-order valence-electron chi connectivity index (χ0n) is 15.0. The minimum absolute atomic E-state index is 0.0581. The van der Waals surface area contributed by atoms with Crippen molar-refractivity contribution in [1.82, 2.24) is 0 Å². The Labute approximate surface area is 154 Å². The molecule has 4 heteroatoms. The molecule has 3 nitrogen and oxygen atoms in total. The zero-order valence-corrected chi connectivity index (χ0v) is 15.8. The standard InChI is InChI=1S/C21H26N2OS/c1-3-25-15-17-4-6-18(7-5-17)21(24)22-19-8-10-20(11-9-19)23-13-12-16(2)14-23/h4-11,16H,3,12-15H2,1-2H3,(H,22,24). The summed E-state index contributed by atoms with van der Waals surface area (Å²) in [6, 6.07) is 16.1. The lowest BCUT2D eigenvalue weighted by atomic mass is 10.1. The van der Waals surface area contributed by atoms with Gasteiger partial charge in [0.25, 0.3) is 5.91 Å². The van der Waals surface area contributed by atoms with Crippen LogP contribution >= 0.6 is 11.8 Å². The lowest BCUT2D eigenvalue weighted by Gasteiger charge is -2.18. The maximum absolute atomic E-state index is 12.4. The Kier molecular flexibility index (Phi) is 6.03. The highest BCUT2D eigenvalue weighted by molar-refractivity contribution is 7.98. The highest BCUT2D eigenvalue weighted by Crippen LogP contribution is 2.25. The van der Waals surface area contributed by atoms with E-state index in [1.54, 1.807) is 0 Å². The molecule has 0 aliphatic carbocycles. The fraction of sp³-hybridized carbons (Fsp3) is 0.381. The molecule has 1 N–H and O–H groups in total. The molecule has 0 bridgehead atoms. The Hall–Kier alpha value is -1.94. The van der Waals surface area contributed by atoms with Gasteiger partial charge in [-0.2, -0.15) is 11.8 Å². The van der Waals surface area contributed by atoms with Crippen molar-refractivity contribution >= 4 is 29.0 Å². The number of carbonyl (C=O) groups excluding carboxylic acids is 1. The molecule has 1 fully saturated rings. The van der Waals surface area contributed by atoms with Gasteiger partial charge in [0, 0.05) is 35.8 Å². The molecule has 1 aliphatic heterocycles. The number of thioether (sulfide) groups is 1. The molecular weight excluding hydrogens is 328 g/mol. The summed E-state index contributed by atoms with van der Waals surface area (Å²) in [5.41, 5.74) is 4.03. The molecule has 2 aromatic carbocycles. The van der Waals surface area contributed by atoms with Crippen molar-refractivity contribution < 1.29 is 4.79 Å². The zero-order chi connectivity index (χ0) is 17.6. The number of anilines is 2. The summed E-state index contributed by atoms with van der Waals surface area (Å²) in [6.45, 7) is 6.69. The van der Waals surface area contributed by atoms with Crippen LogP contribution in [0.15, 0.2) is 48.5 Å². The molecule has 1 unspecified atom stereocenters. The Morgan fingerprint density at radius 3 is 2.48 bits per heavy atom. The molecule has 1 saturated heterocycles. The fourth-order valence-electron chi connectivity index (χ4n) is 3.10. The van der Waals surface area contributed by atoms with E-state index in [1.807, 2.05) is 48.2 Å². The molecule has 0 saturated carbocycles. The lowest BCUT2D eigenvalue weighted by molar-refractivity contribution is 0.102. The number of carbonyl (C=O) groups is 1. The topological polar surface area (TPSA) is 32.3 Å². The van der Waals surface area contributed by atoms with Crippen LogP contribution in [0.1, 0.15) is 36.2 Å². The molecule has 0 aromatic heterocycles. The largest absolute Gasteiger partial charge is 0.371 e. The van der Waals surface area contributed by atoms with Crippen LogP contribution in [0.2, 0.25) is 0 Å². The van der Waals surface area contributed by atoms with E-state index in [2.05, 4.69) is 36.2 Å². The minimum Gasteiger partial charge on any atom is -0.371 e. The van der Waals surface area contributed by atoms with Gasteiger partial charge in [0.2, 0.25) is 0 Å². The number of hydrogen-bond acceptors (Lipinski definition) is 3. The Morgan fingerprint density at radius 2 is 1.88 bits per heavy atom. The van der Waals surface area contributed by atoms with Crippen LogP contribution in [0.5, 0.6) is 0 Å². The highest BCUT2D eigenvalue weighted by atomic mass is 32.2. The summed E-state index contributed by atoms with van der Waals surface area (Å²) in [5, 5.41) is 2.98. The maximum atomic E-state index is 12.4. The third-order valence-corrected chi connectivity index (χ3v) is 5.55. The smallest absolute Gasteiger partial charge is 0.255 e. The highest BCUT2D eigenvalue weighted by Gasteiger charge is 2.18. The van der Waals surface area contributed by atoms with Gasteiger partial charge >= 0.3 is 0 Å². The first-order valence-electron chi connectivity index (χ1n) is 8.98. The van der Waals surface area contributed by atoms with E-state index in [0.717, 1.165) is 36.2 Å². The summed E-state index contributed by atoms with van der Waals surface area (Å²) < 4.78 is 0. The third-order valence-electron chi connectivity index (χ3n) is 4.60. The molecule has 1 aliphatic rings. The molecule has 25 heavy (non-hydrogen) atoms. The first-order valence-corrected chi connectivity index (χ1v) is 10.1. The van der Waals surface area contributed by atoms with Crippen molar-refractivity contribution in [2.75, 3.05) is 29.1 Å². The number of hydrogen-bond donors (Lipinski definition) is 1. The fourth-order valence-corrected chi connectivity index (χ4v) is 3.73. The van der Waals surface area contributed by atoms with E-state index in [-0.39, 0.29) is 5.91 Å². The predicted molar refractivity (Wildman–Crippen MR) is 109 cm³/mol. The lowest BCUT2D eigenvalue weighted by Crippen LogP contribution is -2.19. The average Bonchev–Trinajstić information content (AvgIpc) is 3.07. The van der Waals surface area contributed by atoms with Gasteiger partial charge in [-0.05, 0) is 60.1 Å². The molecule has 0 radical (unpaired) electrons. The maximum Gasteiger partial charge on any atom is 0.255 e. The van der Waals surface area contributed by atoms with E-state index >= 15 is 0 Å². The van der Waals surface area contributed by atoms with E-state index in [4.69, 9.17) is 0 Å². The molecule has 132 valence electrons. The number of benzene rings is 2. The monoisotopic (exact) mass is 354 g/mol. The second kappa shape index (κ2) is 8.43. The summed E-state index contributed by atoms with van der Waals surface area (Å²) >= 11 is 1.89. The van der Waals surface area contributed by atoms with E-state index in [0.29, 0.717) is 5.56 Å². The van der Waals surface area contributed by atoms with Crippen molar-refractivity contribution in [1.29, 1.82) is 0 Å². The van der Waals surface area contributed by atoms with Crippen LogP contribution in [0.4, 0.5) is 11.4 Å². The predicted octanol–water partition coefficient (Wildman–Crippen LogP) is 5.04. The van der Waals surface area contributed by atoms with Crippen LogP contribution in [-0.4, -0.2) is 24.7 Å². The molecule has 1 atom stereocenters. The number of nitrogens with one attached hydrogen (secondary N) is 1.